The van der Waals surface area contributed by atoms with Crippen LogP contribution in [-0.4, -0.2) is 11.6 Å². The summed E-state index contributed by atoms with van der Waals surface area (Å²) < 4.78 is 5.55. The smallest absolute Gasteiger partial charge is 0.155 e. The van der Waals surface area contributed by atoms with E-state index in [0.29, 0.717) is 17.2 Å². The second-order valence-corrected chi connectivity index (χ2v) is 3.59. The highest BCUT2D eigenvalue weighted by Crippen LogP contribution is 2.27. The third kappa shape index (κ3) is 1.85. The molecule has 0 amide bonds. The van der Waals surface area contributed by atoms with E-state index in [2.05, 4.69) is 11.1 Å². The van der Waals surface area contributed by atoms with Crippen molar-refractivity contribution < 1.29 is 4.74 Å². The van der Waals surface area contributed by atoms with E-state index in [1.54, 1.807) is 18.5 Å². The quantitative estimate of drug-likeness (QED) is 0.730. The van der Waals surface area contributed by atoms with Gasteiger partial charge < -0.3 is 4.74 Å². The fourth-order valence-corrected chi connectivity index (χ4v) is 1.45. The molecule has 72 valence electrons. The maximum Gasteiger partial charge on any atom is 0.155 e. The highest BCUT2D eigenvalue weighted by atomic mass is 16.5. The largest absolute Gasteiger partial charge is 0.490 e. The maximum absolute atomic E-state index is 8.80. The molecule has 0 aliphatic heterocycles. The summed E-state index contributed by atoms with van der Waals surface area (Å²) in [4.78, 5) is 3.94. The predicted molar refractivity (Wildman–Crippen MR) is 51.8 cm³/mol. The lowest BCUT2D eigenvalue weighted by Crippen LogP contribution is -2.19. The first-order chi connectivity index (χ1) is 6.90. The molecule has 14 heavy (non-hydrogen) atoms. The van der Waals surface area contributed by atoms with Gasteiger partial charge in [-0.3, -0.25) is 4.98 Å². The van der Waals surface area contributed by atoms with Crippen molar-refractivity contribution in [1.82, 2.24) is 4.98 Å². The van der Waals surface area contributed by atoms with E-state index < -0.39 is 0 Å². The monoisotopic (exact) mass is 188 g/mol. The molecule has 1 aliphatic carbocycles. The van der Waals surface area contributed by atoms with Crippen LogP contribution in [0.3, 0.4) is 0 Å². The lowest BCUT2D eigenvalue weighted by molar-refractivity contribution is 0.180. The van der Waals surface area contributed by atoms with Crippen LogP contribution in [0.25, 0.3) is 0 Å². The van der Waals surface area contributed by atoms with Gasteiger partial charge in [0.2, 0.25) is 0 Å². The van der Waals surface area contributed by atoms with Gasteiger partial charge >= 0.3 is 0 Å². The minimum absolute atomic E-state index is 0.569. The van der Waals surface area contributed by atoms with Crippen molar-refractivity contribution in [2.75, 3.05) is 6.61 Å². The molecule has 0 saturated heterocycles. The molecular formula is C11H12N2O. The molecular weight excluding hydrogens is 176 g/mol. The van der Waals surface area contributed by atoms with Crippen LogP contribution in [0.2, 0.25) is 0 Å². The maximum atomic E-state index is 8.80. The molecule has 1 aromatic heterocycles. The van der Waals surface area contributed by atoms with Gasteiger partial charge in [-0.2, -0.15) is 5.26 Å². The second-order valence-electron chi connectivity index (χ2n) is 3.59. The van der Waals surface area contributed by atoms with Gasteiger partial charge in [0.15, 0.2) is 5.75 Å². The minimum Gasteiger partial charge on any atom is -0.490 e. The lowest BCUT2D eigenvalue weighted by Gasteiger charge is -2.25. The number of hydrogen-bond acceptors (Lipinski definition) is 3. The molecule has 1 aromatic rings. The molecule has 1 saturated carbocycles. The van der Waals surface area contributed by atoms with E-state index in [1.165, 1.54) is 19.3 Å². The van der Waals surface area contributed by atoms with Crippen molar-refractivity contribution in [3.05, 3.63) is 24.0 Å². The Hall–Kier alpha value is -1.56. The molecule has 0 atom stereocenters. The topological polar surface area (TPSA) is 45.9 Å². The van der Waals surface area contributed by atoms with Crippen molar-refractivity contribution in [2.24, 2.45) is 5.92 Å². The van der Waals surface area contributed by atoms with Crippen LogP contribution >= 0.6 is 0 Å². The number of aromatic nitrogens is 1. The molecule has 3 nitrogen and oxygen atoms in total. The van der Waals surface area contributed by atoms with Gasteiger partial charge in [-0.05, 0) is 24.8 Å². The lowest BCUT2D eigenvalue weighted by atomic mass is 9.86. The summed E-state index contributed by atoms with van der Waals surface area (Å²) in [5.74, 6) is 1.30. The summed E-state index contributed by atoms with van der Waals surface area (Å²) in [6.45, 7) is 0.723. The van der Waals surface area contributed by atoms with Gasteiger partial charge in [0, 0.05) is 6.20 Å². The molecule has 0 aromatic carbocycles. The predicted octanol–water partition coefficient (Wildman–Crippen LogP) is 2.13. The Bertz CT molecular complexity index is 353. The first-order valence-corrected chi connectivity index (χ1v) is 4.87. The Morgan fingerprint density at radius 3 is 3.07 bits per heavy atom. The summed E-state index contributed by atoms with van der Waals surface area (Å²) in [6, 6.07) is 3.77. The molecule has 3 heteroatoms. The average Bonchev–Trinajstić information content (AvgIpc) is 2.16. The zero-order valence-electron chi connectivity index (χ0n) is 7.94. The fraction of sp³-hybridized carbons (Fsp3) is 0.455. The SMILES string of the molecule is N#Cc1ccncc1OCC1CCC1. The van der Waals surface area contributed by atoms with Gasteiger partial charge in [-0.25, -0.2) is 0 Å². The van der Waals surface area contributed by atoms with Crippen LogP contribution < -0.4 is 4.74 Å². The van der Waals surface area contributed by atoms with Crippen molar-refractivity contribution in [1.29, 1.82) is 5.26 Å². The van der Waals surface area contributed by atoms with Crippen LogP contribution in [0, 0.1) is 17.2 Å². The Morgan fingerprint density at radius 2 is 2.43 bits per heavy atom. The van der Waals surface area contributed by atoms with Crippen molar-refractivity contribution in [3.8, 4) is 11.8 Å². The molecule has 0 spiro atoms. The zero-order valence-corrected chi connectivity index (χ0v) is 7.94. The second kappa shape index (κ2) is 4.10. The van der Waals surface area contributed by atoms with Gasteiger partial charge in [0.25, 0.3) is 0 Å². The summed E-state index contributed by atoms with van der Waals surface area (Å²) in [5.41, 5.74) is 0.569. The molecule has 1 aliphatic rings. The van der Waals surface area contributed by atoms with Gasteiger partial charge in [0.1, 0.15) is 6.07 Å². The van der Waals surface area contributed by atoms with Crippen molar-refractivity contribution in [2.45, 2.75) is 19.3 Å². The minimum atomic E-state index is 0.569. The Kier molecular flexibility index (Phi) is 2.64. The van der Waals surface area contributed by atoms with E-state index in [1.807, 2.05) is 0 Å². The molecule has 2 rings (SSSR count). The zero-order chi connectivity index (χ0) is 9.80. The van der Waals surface area contributed by atoms with Crippen LogP contribution in [0.4, 0.5) is 0 Å². The van der Waals surface area contributed by atoms with Gasteiger partial charge in [-0.1, -0.05) is 6.42 Å². The first kappa shape index (κ1) is 9.01. The number of hydrogen-bond donors (Lipinski definition) is 0. The highest BCUT2D eigenvalue weighted by Gasteiger charge is 2.18. The Balaban J connectivity index is 1.97. The van der Waals surface area contributed by atoms with E-state index in [4.69, 9.17) is 10.00 Å². The third-order valence-corrected chi connectivity index (χ3v) is 2.60. The number of nitrogens with zero attached hydrogens (tertiary/aromatic N) is 2. The Morgan fingerprint density at radius 1 is 1.57 bits per heavy atom. The number of ether oxygens (including phenoxy) is 1. The summed E-state index contributed by atoms with van der Waals surface area (Å²) >= 11 is 0. The molecule has 0 bridgehead atoms. The number of nitriles is 1. The van der Waals surface area contributed by atoms with E-state index in [9.17, 15) is 0 Å². The Labute approximate surface area is 83.3 Å². The summed E-state index contributed by atoms with van der Waals surface area (Å²) in [7, 11) is 0. The summed E-state index contributed by atoms with van der Waals surface area (Å²) in [5, 5.41) is 8.80. The highest BCUT2D eigenvalue weighted by molar-refractivity contribution is 5.40. The summed E-state index contributed by atoms with van der Waals surface area (Å²) in [6.07, 6.45) is 7.03. The molecule has 0 radical (unpaired) electrons. The van der Waals surface area contributed by atoms with Crippen LogP contribution in [0.5, 0.6) is 5.75 Å². The van der Waals surface area contributed by atoms with Crippen LogP contribution in [0.1, 0.15) is 24.8 Å². The normalized spacial score (nSPS) is 15.6. The first-order valence-electron chi connectivity index (χ1n) is 4.87. The van der Waals surface area contributed by atoms with Crippen molar-refractivity contribution >= 4 is 0 Å². The van der Waals surface area contributed by atoms with Crippen LogP contribution in [-0.2, 0) is 0 Å². The molecule has 1 fully saturated rings. The number of pyridine rings is 1. The fourth-order valence-electron chi connectivity index (χ4n) is 1.45. The van der Waals surface area contributed by atoms with Crippen molar-refractivity contribution in [3.63, 3.8) is 0 Å². The standard InChI is InChI=1S/C11H12N2O/c12-6-10-4-5-13-7-11(10)14-8-9-2-1-3-9/h4-5,7,9H,1-3,8H2. The molecule has 0 N–H and O–H groups in total. The third-order valence-electron chi connectivity index (χ3n) is 2.60. The number of rotatable bonds is 3. The van der Waals surface area contributed by atoms with E-state index >= 15 is 0 Å². The average molecular weight is 188 g/mol. The molecule has 1 heterocycles. The van der Waals surface area contributed by atoms with Gasteiger partial charge in [-0.15, -0.1) is 0 Å². The van der Waals surface area contributed by atoms with Gasteiger partial charge in [0.05, 0.1) is 18.4 Å². The van der Waals surface area contributed by atoms with E-state index in [0.717, 1.165) is 6.61 Å². The molecule has 0 unspecified atom stereocenters. The van der Waals surface area contributed by atoms with Crippen LogP contribution in [0.15, 0.2) is 18.5 Å². The van der Waals surface area contributed by atoms with E-state index in [-0.39, 0.29) is 0 Å².